The smallest absolute Gasteiger partial charge is 0.408 e. The summed E-state index contributed by atoms with van der Waals surface area (Å²) >= 11 is 0. The first-order valence-corrected chi connectivity index (χ1v) is 11.9. The third-order valence-corrected chi connectivity index (χ3v) is 5.24. The molecule has 192 valence electrons. The summed E-state index contributed by atoms with van der Waals surface area (Å²) in [6.07, 6.45) is 0.942. The third kappa shape index (κ3) is 8.22. The van der Waals surface area contributed by atoms with E-state index >= 15 is 0 Å². The Kier molecular flexibility index (Phi) is 9.97. The normalized spacial score (nSPS) is 14.5. The van der Waals surface area contributed by atoms with Gasteiger partial charge in [-0.1, -0.05) is 31.5 Å². The van der Waals surface area contributed by atoms with Crippen LogP contribution in [0.3, 0.4) is 0 Å². The molecule has 3 atom stereocenters. The van der Waals surface area contributed by atoms with E-state index in [4.69, 9.17) is 4.74 Å². The predicted molar refractivity (Wildman–Crippen MR) is 134 cm³/mol. The van der Waals surface area contributed by atoms with Crippen LogP contribution in [0.2, 0.25) is 0 Å². The molecule has 8 nitrogen and oxygen atoms in total. The summed E-state index contributed by atoms with van der Waals surface area (Å²) in [7, 11) is 0. The molecule has 0 radical (unpaired) electrons. The Labute approximate surface area is 204 Å². The van der Waals surface area contributed by atoms with Gasteiger partial charge in [0.2, 0.25) is 11.8 Å². The minimum absolute atomic E-state index is 0.0411. The van der Waals surface area contributed by atoms with Crippen molar-refractivity contribution in [1.29, 1.82) is 0 Å². The summed E-state index contributed by atoms with van der Waals surface area (Å²) in [5.41, 5.74) is -0.610. The van der Waals surface area contributed by atoms with Gasteiger partial charge in [-0.25, -0.2) is 4.79 Å². The minimum atomic E-state index is -1.10. The fourth-order valence-electron chi connectivity index (χ4n) is 3.73. The number of hydrogen-bond acceptors (Lipinski definition) is 5. The first kappa shape index (κ1) is 29.3. The van der Waals surface area contributed by atoms with Crippen molar-refractivity contribution in [3.8, 4) is 5.75 Å². The number of hydrogen-bond donors (Lipinski definition) is 3. The van der Waals surface area contributed by atoms with Crippen molar-refractivity contribution < 1.29 is 24.2 Å². The summed E-state index contributed by atoms with van der Waals surface area (Å²) in [4.78, 5) is 41.0. The SMILES string of the molecule is CCCC(C)NC(=O)C(c1cccc(C)c1O)N(C(=O)C(C)NC(=O)OC(C)(C)C)C(C)(C)C. The van der Waals surface area contributed by atoms with Crippen LogP contribution in [-0.4, -0.2) is 51.1 Å². The second-order valence-corrected chi connectivity index (χ2v) is 10.9. The third-order valence-electron chi connectivity index (χ3n) is 5.24. The van der Waals surface area contributed by atoms with E-state index in [0.717, 1.165) is 12.8 Å². The van der Waals surface area contributed by atoms with Crippen LogP contribution in [0.1, 0.15) is 92.3 Å². The Morgan fingerprint density at radius 2 is 1.65 bits per heavy atom. The number of nitrogens with one attached hydrogen (secondary N) is 2. The average molecular weight is 478 g/mol. The zero-order chi connectivity index (χ0) is 26.4. The first-order chi connectivity index (χ1) is 15.5. The van der Waals surface area contributed by atoms with Gasteiger partial charge in [0.25, 0.3) is 0 Å². The van der Waals surface area contributed by atoms with E-state index in [2.05, 4.69) is 10.6 Å². The zero-order valence-electron chi connectivity index (χ0n) is 22.4. The van der Waals surface area contributed by atoms with Gasteiger partial charge in [0, 0.05) is 17.1 Å². The summed E-state index contributed by atoms with van der Waals surface area (Å²) in [5.74, 6) is -0.905. The van der Waals surface area contributed by atoms with Crippen molar-refractivity contribution in [2.75, 3.05) is 0 Å². The molecule has 1 aromatic rings. The molecular weight excluding hydrogens is 434 g/mol. The number of aromatic hydroxyl groups is 1. The van der Waals surface area contributed by atoms with Crippen molar-refractivity contribution >= 4 is 17.9 Å². The summed E-state index contributed by atoms with van der Waals surface area (Å²) < 4.78 is 5.29. The number of ether oxygens (including phenoxy) is 1. The molecule has 0 bridgehead atoms. The van der Waals surface area contributed by atoms with Crippen molar-refractivity contribution in [2.24, 2.45) is 0 Å². The van der Waals surface area contributed by atoms with Gasteiger partial charge in [-0.3, -0.25) is 9.59 Å². The number of benzene rings is 1. The van der Waals surface area contributed by atoms with E-state index in [-0.39, 0.29) is 11.8 Å². The molecular formula is C26H43N3O5. The Morgan fingerprint density at radius 3 is 2.15 bits per heavy atom. The minimum Gasteiger partial charge on any atom is -0.507 e. The number of aryl methyl sites for hydroxylation is 1. The number of nitrogens with zero attached hydrogens (tertiary/aromatic N) is 1. The van der Waals surface area contributed by atoms with Gasteiger partial charge in [-0.2, -0.15) is 0 Å². The van der Waals surface area contributed by atoms with E-state index in [1.54, 1.807) is 52.8 Å². The van der Waals surface area contributed by atoms with E-state index in [9.17, 15) is 19.5 Å². The van der Waals surface area contributed by atoms with Crippen molar-refractivity contribution in [1.82, 2.24) is 15.5 Å². The quantitative estimate of drug-likeness (QED) is 0.508. The largest absolute Gasteiger partial charge is 0.507 e. The Morgan fingerprint density at radius 1 is 1.06 bits per heavy atom. The molecule has 0 heterocycles. The van der Waals surface area contributed by atoms with Crippen LogP contribution < -0.4 is 10.6 Å². The summed E-state index contributed by atoms with van der Waals surface area (Å²) in [5, 5.41) is 16.4. The molecule has 3 N–H and O–H groups in total. The van der Waals surface area contributed by atoms with Crippen LogP contribution in [0.15, 0.2) is 18.2 Å². The van der Waals surface area contributed by atoms with Gasteiger partial charge in [-0.15, -0.1) is 0 Å². The van der Waals surface area contributed by atoms with Gasteiger partial charge >= 0.3 is 6.09 Å². The fourth-order valence-corrected chi connectivity index (χ4v) is 3.73. The first-order valence-electron chi connectivity index (χ1n) is 11.9. The molecule has 0 aromatic heterocycles. The van der Waals surface area contributed by atoms with Crippen LogP contribution in [0.4, 0.5) is 4.79 Å². The lowest BCUT2D eigenvalue weighted by Gasteiger charge is -2.43. The molecule has 0 spiro atoms. The highest BCUT2D eigenvalue weighted by Gasteiger charge is 2.42. The monoisotopic (exact) mass is 477 g/mol. The van der Waals surface area contributed by atoms with Crippen LogP contribution in [0, 0.1) is 6.92 Å². The number of carbonyl (C=O) groups excluding carboxylic acids is 3. The van der Waals surface area contributed by atoms with Gasteiger partial charge in [0.15, 0.2) is 0 Å². The number of para-hydroxylation sites is 1. The Balaban J connectivity index is 3.49. The zero-order valence-corrected chi connectivity index (χ0v) is 22.4. The second kappa shape index (κ2) is 11.6. The molecule has 8 heteroatoms. The van der Waals surface area contributed by atoms with E-state index < -0.39 is 41.1 Å². The summed E-state index contributed by atoms with van der Waals surface area (Å²) in [6.45, 7) is 17.9. The average Bonchev–Trinajstić information content (AvgIpc) is 2.65. The number of carbonyl (C=O) groups is 3. The van der Waals surface area contributed by atoms with Gasteiger partial charge in [0.05, 0.1) is 0 Å². The van der Waals surface area contributed by atoms with E-state index in [1.807, 2.05) is 34.6 Å². The van der Waals surface area contributed by atoms with Crippen LogP contribution in [-0.2, 0) is 14.3 Å². The molecule has 0 aliphatic heterocycles. The molecule has 0 aliphatic rings. The Hall–Kier alpha value is -2.77. The topological polar surface area (TPSA) is 108 Å². The maximum atomic E-state index is 13.7. The maximum absolute atomic E-state index is 13.7. The molecule has 0 saturated carbocycles. The van der Waals surface area contributed by atoms with Gasteiger partial charge < -0.3 is 25.4 Å². The maximum Gasteiger partial charge on any atom is 0.408 e. The molecule has 0 aliphatic carbocycles. The number of alkyl carbamates (subject to hydrolysis) is 1. The number of amides is 3. The summed E-state index contributed by atoms with van der Waals surface area (Å²) in [6, 6.07) is 2.95. The number of rotatable bonds is 8. The second-order valence-electron chi connectivity index (χ2n) is 10.9. The standard InChI is InChI=1S/C26H43N3O5/c1-11-13-17(3)27-22(31)20(19-15-12-14-16(2)21(19)30)29(25(5,6)7)23(32)18(4)28-24(33)34-26(8,9)10/h12,14-15,17-18,20,30H,11,13H2,1-10H3,(H,27,31)(H,28,33). The lowest BCUT2D eigenvalue weighted by Crippen LogP contribution is -2.58. The van der Waals surface area contributed by atoms with E-state index in [1.165, 1.54) is 4.90 Å². The molecule has 3 unspecified atom stereocenters. The van der Waals surface area contributed by atoms with Crippen molar-refractivity contribution in [2.45, 2.75) is 111 Å². The highest BCUT2D eigenvalue weighted by molar-refractivity contribution is 5.93. The Bertz CT molecular complexity index is 870. The highest BCUT2D eigenvalue weighted by Crippen LogP contribution is 2.36. The number of phenolic OH excluding ortho intramolecular Hbond substituents is 1. The fraction of sp³-hybridized carbons (Fsp3) is 0.654. The molecule has 0 fully saturated rings. The molecule has 3 amide bonds. The van der Waals surface area contributed by atoms with Gasteiger partial charge in [0.1, 0.15) is 23.4 Å². The molecule has 1 aromatic carbocycles. The predicted octanol–water partition coefficient (Wildman–Crippen LogP) is 4.59. The lowest BCUT2D eigenvalue weighted by atomic mass is 9.93. The molecule has 1 rings (SSSR count). The molecule has 34 heavy (non-hydrogen) atoms. The van der Waals surface area contributed by atoms with Crippen LogP contribution in [0.5, 0.6) is 5.75 Å². The van der Waals surface area contributed by atoms with E-state index in [0.29, 0.717) is 11.1 Å². The van der Waals surface area contributed by atoms with Crippen LogP contribution in [0.25, 0.3) is 0 Å². The van der Waals surface area contributed by atoms with Crippen molar-refractivity contribution in [3.05, 3.63) is 29.3 Å². The highest BCUT2D eigenvalue weighted by atomic mass is 16.6. The van der Waals surface area contributed by atoms with Crippen molar-refractivity contribution in [3.63, 3.8) is 0 Å². The van der Waals surface area contributed by atoms with Crippen LogP contribution >= 0.6 is 0 Å². The van der Waals surface area contributed by atoms with Gasteiger partial charge in [-0.05, 0) is 74.3 Å². The number of phenols is 1. The molecule has 0 saturated heterocycles. The lowest BCUT2D eigenvalue weighted by molar-refractivity contribution is -0.148.